The van der Waals surface area contributed by atoms with E-state index in [1.54, 1.807) is 26.4 Å². The highest BCUT2D eigenvalue weighted by Crippen LogP contribution is 2.37. The first kappa shape index (κ1) is 27.2. The van der Waals surface area contributed by atoms with E-state index in [0.29, 0.717) is 6.54 Å². The van der Waals surface area contributed by atoms with Crippen molar-refractivity contribution in [1.29, 1.82) is 0 Å². The van der Waals surface area contributed by atoms with Crippen LogP contribution in [0.25, 0.3) is 17.0 Å². The van der Waals surface area contributed by atoms with Gasteiger partial charge in [-0.25, -0.2) is 18.5 Å². The molecule has 37 heavy (non-hydrogen) atoms. The van der Waals surface area contributed by atoms with E-state index in [4.69, 9.17) is 4.98 Å². The molecule has 1 saturated heterocycles. The number of rotatable bonds is 7. The highest BCUT2D eigenvalue weighted by atomic mass is 32.2. The van der Waals surface area contributed by atoms with Crippen LogP contribution < -0.4 is 4.72 Å². The van der Waals surface area contributed by atoms with E-state index in [9.17, 15) is 18.7 Å². The van der Waals surface area contributed by atoms with E-state index in [-0.39, 0.29) is 5.69 Å². The van der Waals surface area contributed by atoms with Crippen LogP contribution in [0.1, 0.15) is 30.8 Å². The molecule has 0 bridgehead atoms. The molecular weight excluding hydrogens is 500 g/mol. The van der Waals surface area contributed by atoms with Crippen molar-refractivity contribution in [2.75, 3.05) is 47.3 Å². The average molecular weight is 534 g/mol. The third kappa shape index (κ3) is 6.95. The second-order valence-electron chi connectivity index (χ2n) is 9.58. The topological polar surface area (TPSA) is 89.8 Å². The number of hydrogen-bond donors (Lipinski definition) is 2. The molecule has 12 heteroatoms. The van der Waals surface area contributed by atoms with Crippen LogP contribution in [0.2, 0.25) is 0 Å². The number of likely N-dealkylation sites (N-methyl/N-ethyl adjacent to an activating group) is 1. The van der Waals surface area contributed by atoms with Crippen molar-refractivity contribution >= 4 is 24.1 Å². The molecule has 4 heterocycles. The average Bonchev–Trinajstić information content (AvgIpc) is 3.54. The van der Waals surface area contributed by atoms with Gasteiger partial charge in [0.15, 0.2) is 5.82 Å². The lowest BCUT2D eigenvalue weighted by Crippen LogP contribution is -2.43. The summed E-state index contributed by atoms with van der Waals surface area (Å²) in [5.41, 5.74) is 1.62. The number of aliphatic hydroxyl groups is 1. The van der Waals surface area contributed by atoms with Crippen LogP contribution in [-0.2, 0) is 11.3 Å². The van der Waals surface area contributed by atoms with Gasteiger partial charge in [0.1, 0.15) is 11.4 Å². The third-order valence-corrected chi connectivity index (χ3v) is 7.28. The quantitative estimate of drug-likeness (QED) is 0.319. The van der Waals surface area contributed by atoms with Crippen LogP contribution in [0.15, 0.2) is 41.6 Å². The van der Waals surface area contributed by atoms with Gasteiger partial charge >= 0.3 is 0 Å². The summed E-state index contributed by atoms with van der Waals surface area (Å²) in [6.45, 7) is 4.30. The number of nitrogens with zero attached hydrogens (tertiary/aromatic N) is 6. The number of alkyl halides is 2. The monoisotopic (exact) mass is 533 g/mol. The van der Waals surface area contributed by atoms with Gasteiger partial charge in [-0.3, -0.25) is 9.78 Å². The standard InChI is InChI=1S/C22H26F2N6OS.C3H7NO/c1-28-8-10-29(11-9-28)18-12-16(32-27-22(31)5-6-22)4-7-30-19(14-26-21(18)30)15-2-3-17(20(23)24)25-13-15;1-4(2)3-5/h2-4,12-14,20,27,31H,5-11H2,1H3;3H,1-2H3. The molecule has 2 aromatic heterocycles. The van der Waals surface area contributed by atoms with Crippen molar-refractivity contribution in [3.63, 3.8) is 0 Å². The molecule has 1 amide bonds. The fourth-order valence-corrected chi connectivity index (χ4v) is 4.69. The molecule has 3 aliphatic rings. The molecule has 2 aromatic rings. The molecule has 0 unspecified atom stereocenters. The predicted molar refractivity (Wildman–Crippen MR) is 140 cm³/mol. The lowest BCUT2D eigenvalue weighted by molar-refractivity contribution is -0.115. The van der Waals surface area contributed by atoms with Crippen LogP contribution in [0.4, 0.5) is 8.78 Å². The smallest absolute Gasteiger partial charge is 0.280 e. The van der Waals surface area contributed by atoms with Gasteiger partial charge in [0.2, 0.25) is 6.41 Å². The molecule has 1 aliphatic carbocycles. The molecule has 0 radical (unpaired) electrons. The van der Waals surface area contributed by atoms with Gasteiger partial charge in [-0.2, -0.15) is 0 Å². The predicted octanol–water partition coefficient (Wildman–Crippen LogP) is 2.79. The molecular formula is C25H33F2N7O2S. The van der Waals surface area contributed by atoms with Crippen molar-refractivity contribution in [2.24, 2.45) is 0 Å². The van der Waals surface area contributed by atoms with Gasteiger partial charge in [0.25, 0.3) is 6.43 Å². The van der Waals surface area contributed by atoms with Crippen LogP contribution in [0.3, 0.4) is 0 Å². The summed E-state index contributed by atoms with van der Waals surface area (Å²) in [6, 6.07) is 3.04. The minimum Gasteiger partial charge on any atom is -0.375 e. The van der Waals surface area contributed by atoms with Crippen LogP contribution in [-0.4, -0.2) is 93.8 Å². The Morgan fingerprint density at radius 2 is 1.86 bits per heavy atom. The number of amides is 1. The molecule has 2 N–H and O–H groups in total. The van der Waals surface area contributed by atoms with Crippen molar-refractivity contribution in [3.8, 4) is 11.3 Å². The summed E-state index contributed by atoms with van der Waals surface area (Å²) in [5, 5.41) is 10.2. The largest absolute Gasteiger partial charge is 0.375 e. The first-order chi connectivity index (χ1) is 17.7. The van der Waals surface area contributed by atoms with E-state index < -0.39 is 12.2 Å². The van der Waals surface area contributed by atoms with Gasteiger partial charge in [-0.15, -0.1) is 0 Å². The van der Waals surface area contributed by atoms with Crippen LogP contribution in [0.5, 0.6) is 0 Å². The Hall–Kier alpha value is -2.80. The maximum atomic E-state index is 12.9. The number of aromatic nitrogens is 3. The Bertz CT molecular complexity index is 1140. The minimum atomic E-state index is -2.59. The summed E-state index contributed by atoms with van der Waals surface area (Å²) in [7, 11) is 5.50. The van der Waals surface area contributed by atoms with Crippen LogP contribution >= 0.6 is 11.9 Å². The van der Waals surface area contributed by atoms with E-state index >= 15 is 0 Å². The van der Waals surface area contributed by atoms with E-state index in [1.165, 1.54) is 29.1 Å². The zero-order chi connectivity index (χ0) is 26.6. The molecule has 200 valence electrons. The zero-order valence-corrected chi connectivity index (χ0v) is 22.1. The van der Waals surface area contributed by atoms with Gasteiger partial charge < -0.3 is 24.4 Å². The number of halogens is 2. The second kappa shape index (κ2) is 11.7. The molecule has 1 saturated carbocycles. The molecule has 5 rings (SSSR count). The summed E-state index contributed by atoms with van der Waals surface area (Å²) < 4.78 is 31.1. The fourth-order valence-electron chi connectivity index (χ4n) is 3.85. The summed E-state index contributed by atoms with van der Waals surface area (Å²) in [5.74, 6) is 0.847. The number of allylic oxidation sites excluding steroid dienone is 2. The summed E-state index contributed by atoms with van der Waals surface area (Å²) in [4.78, 5) is 25.2. The van der Waals surface area contributed by atoms with Crippen molar-refractivity contribution in [2.45, 2.75) is 31.5 Å². The Morgan fingerprint density at radius 3 is 2.43 bits per heavy atom. The summed E-state index contributed by atoms with van der Waals surface area (Å²) >= 11 is 1.44. The number of imidazole rings is 1. The Kier molecular flexibility index (Phi) is 8.63. The first-order valence-corrected chi connectivity index (χ1v) is 12.9. The maximum absolute atomic E-state index is 12.9. The van der Waals surface area contributed by atoms with Crippen molar-refractivity contribution < 1.29 is 18.7 Å². The number of pyridine rings is 1. The van der Waals surface area contributed by atoms with Crippen molar-refractivity contribution in [3.05, 3.63) is 53.1 Å². The van der Waals surface area contributed by atoms with E-state index in [0.717, 1.165) is 73.1 Å². The normalized spacial score (nSPS) is 18.7. The third-order valence-electron chi connectivity index (χ3n) is 6.28. The fraction of sp³-hybridized carbons (Fsp3) is 0.480. The Morgan fingerprint density at radius 1 is 1.16 bits per heavy atom. The number of fused-ring (bicyclic) bond motifs is 1. The van der Waals surface area contributed by atoms with E-state index in [2.05, 4.69) is 43.3 Å². The van der Waals surface area contributed by atoms with Gasteiger partial charge in [0, 0.05) is 63.5 Å². The van der Waals surface area contributed by atoms with Gasteiger partial charge in [0.05, 0.1) is 17.6 Å². The molecule has 0 aromatic carbocycles. The number of piperazine rings is 1. The molecule has 2 aliphatic heterocycles. The zero-order valence-electron chi connectivity index (χ0n) is 21.3. The highest BCUT2D eigenvalue weighted by molar-refractivity contribution is 8.01. The number of carbonyl (C=O) groups excluding carboxylic acids is 1. The Balaban J connectivity index is 0.000000586. The molecule has 2 fully saturated rings. The van der Waals surface area contributed by atoms with Gasteiger partial charge in [-0.05, 0) is 56.1 Å². The summed E-state index contributed by atoms with van der Waals surface area (Å²) in [6.07, 6.45) is 7.18. The number of carbonyl (C=O) groups is 1. The van der Waals surface area contributed by atoms with Gasteiger partial charge in [-0.1, -0.05) is 0 Å². The second-order valence-corrected chi connectivity index (χ2v) is 10.5. The molecule has 0 atom stereocenters. The SMILES string of the molecule is CN(C)C=O.CN1CCN(C2=CC(SNC3(O)CC3)=CCn3c(-c4ccc(C(F)F)nc4)cnc32)CC1. The lowest BCUT2D eigenvalue weighted by atomic mass is 10.2. The van der Waals surface area contributed by atoms with E-state index in [1.807, 2.05) is 0 Å². The molecule has 0 spiro atoms. The van der Waals surface area contributed by atoms with Crippen molar-refractivity contribution in [1.82, 2.24) is 34.0 Å². The number of nitrogens with one attached hydrogen (secondary N) is 1. The molecule has 9 nitrogen and oxygen atoms in total. The lowest BCUT2D eigenvalue weighted by Gasteiger charge is -2.35. The highest BCUT2D eigenvalue weighted by Gasteiger charge is 2.40. The Labute approximate surface area is 220 Å². The number of hydrogen-bond acceptors (Lipinski definition) is 8. The minimum absolute atomic E-state index is 0.231. The van der Waals surface area contributed by atoms with Crippen LogP contribution in [0, 0.1) is 0 Å². The first-order valence-electron chi connectivity index (χ1n) is 12.1. The maximum Gasteiger partial charge on any atom is 0.280 e.